The minimum Gasteiger partial charge on any atom is -0.457 e. The lowest BCUT2D eigenvalue weighted by atomic mass is 9.92. The molecule has 2 heterocycles. The van der Waals surface area contributed by atoms with Crippen LogP contribution in [-0.4, -0.2) is 15.7 Å². The molecule has 6 nitrogen and oxygen atoms in total. The van der Waals surface area contributed by atoms with Gasteiger partial charge in [0.1, 0.15) is 17.2 Å². The number of ether oxygens (including phenoxy) is 1. The van der Waals surface area contributed by atoms with Gasteiger partial charge in [0.15, 0.2) is 0 Å². The van der Waals surface area contributed by atoms with E-state index in [1.165, 1.54) is 0 Å². The third-order valence-electron chi connectivity index (χ3n) is 6.92. The van der Waals surface area contributed by atoms with Gasteiger partial charge in [0.2, 0.25) is 0 Å². The van der Waals surface area contributed by atoms with E-state index in [1.807, 2.05) is 77.5 Å². The number of anilines is 1. The van der Waals surface area contributed by atoms with Crippen LogP contribution in [0.15, 0.2) is 78.9 Å². The smallest absolute Gasteiger partial charge is 0.252 e. The highest BCUT2D eigenvalue weighted by Crippen LogP contribution is 2.39. The second-order valence-electron chi connectivity index (χ2n) is 9.12. The van der Waals surface area contributed by atoms with E-state index in [4.69, 9.17) is 21.3 Å². The van der Waals surface area contributed by atoms with Crippen molar-refractivity contribution in [1.82, 2.24) is 9.78 Å². The molecule has 4 aromatic rings. The van der Waals surface area contributed by atoms with E-state index in [9.17, 15) is 4.79 Å². The molecule has 0 aliphatic carbocycles. The molecule has 178 valence electrons. The van der Waals surface area contributed by atoms with Gasteiger partial charge in [-0.3, -0.25) is 9.48 Å². The molecule has 2 unspecified atom stereocenters. The van der Waals surface area contributed by atoms with Crippen LogP contribution >= 0.6 is 0 Å². The van der Waals surface area contributed by atoms with Gasteiger partial charge in [-0.25, -0.2) is 0 Å². The number of hydrogen-bond donors (Lipinski definition) is 2. The Morgan fingerprint density at radius 3 is 2.34 bits per heavy atom. The third kappa shape index (κ3) is 4.52. The maximum atomic E-state index is 12.8. The first-order valence-electron chi connectivity index (χ1n) is 12.1. The summed E-state index contributed by atoms with van der Waals surface area (Å²) in [4.78, 5) is 12.8. The van der Waals surface area contributed by atoms with E-state index < -0.39 is 5.91 Å². The number of para-hydroxylation sites is 2. The van der Waals surface area contributed by atoms with Crippen LogP contribution in [0.3, 0.4) is 0 Å². The number of nitrogens with two attached hydrogens (primary N) is 2. The Morgan fingerprint density at radius 1 is 0.971 bits per heavy atom. The Labute approximate surface area is 205 Å². The molecule has 3 aromatic carbocycles. The van der Waals surface area contributed by atoms with Gasteiger partial charge < -0.3 is 16.2 Å². The lowest BCUT2D eigenvalue weighted by Gasteiger charge is -2.20. The maximum Gasteiger partial charge on any atom is 0.252 e. The zero-order valence-corrected chi connectivity index (χ0v) is 19.9. The average molecular weight is 467 g/mol. The summed E-state index contributed by atoms with van der Waals surface area (Å²) in [5, 5.41) is 5.00. The van der Waals surface area contributed by atoms with E-state index in [0.717, 1.165) is 53.9 Å². The molecule has 0 fully saturated rings. The first-order chi connectivity index (χ1) is 17.0. The predicted octanol–water partition coefficient (Wildman–Crippen LogP) is 5.98. The molecule has 0 saturated heterocycles. The van der Waals surface area contributed by atoms with Gasteiger partial charge >= 0.3 is 0 Å². The van der Waals surface area contributed by atoms with Crippen LogP contribution in [0.1, 0.15) is 53.8 Å². The molecule has 0 bridgehead atoms. The topological polar surface area (TPSA) is 96.2 Å². The molecule has 4 N–H and O–H groups in total. The standard InChI is InChI=1S/C29H30N4O2/c1-2-19-12-17-25(23-10-6-7-11-24(23)30)33-26(18-19)27(29(31)34)28(32-33)20-13-15-22(16-14-20)35-21-8-4-3-5-9-21/h3-11,13-16,19,25H,2,12,17-18,30H2,1H3,(H2,31,34). The number of carbonyl (C=O) groups is 1. The first-order valence-corrected chi connectivity index (χ1v) is 12.1. The Balaban J connectivity index is 1.58. The number of fused-ring (bicyclic) bond motifs is 1. The van der Waals surface area contributed by atoms with Gasteiger partial charge in [0.25, 0.3) is 5.91 Å². The highest BCUT2D eigenvalue weighted by molar-refractivity contribution is 6.00. The molecule has 1 aromatic heterocycles. The molecule has 1 amide bonds. The summed E-state index contributed by atoms with van der Waals surface area (Å²) in [6.07, 6.45) is 3.74. The minimum absolute atomic E-state index is 0.0460. The summed E-state index contributed by atoms with van der Waals surface area (Å²) in [5.41, 5.74) is 16.9. The summed E-state index contributed by atoms with van der Waals surface area (Å²) in [6, 6.07) is 25.1. The van der Waals surface area contributed by atoms with Crippen LogP contribution in [0.5, 0.6) is 11.5 Å². The average Bonchev–Trinajstić information content (AvgIpc) is 3.15. The van der Waals surface area contributed by atoms with Gasteiger partial charge in [0.05, 0.1) is 17.3 Å². The number of rotatable bonds is 6. The molecule has 1 aliphatic heterocycles. The predicted molar refractivity (Wildman–Crippen MR) is 138 cm³/mol. The quantitative estimate of drug-likeness (QED) is 0.342. The van der Waals surface area contributed by atoms with Crippen molar-refractivity contribution >= 4 is 11.6 Å². The van der Waals surface area contributed by atoms with Crippen molar-refractivity contribution in [2.45, 2.75) is 38.6 Å². The molecule has 6 heteroatoms. The number of nitrogen functional groups attached to an aromatic ring is 1. The highest BCUT2D eigenvalue weighted by atomic mass is 16.5. The van der Waals surface area contributed by atoms with Crippen LogP contribution in [0.25, 0.3) is 11.3 Å². The number of benzene rings is 3. The zero-order valence-electron chi connectivity index (χ0n) is 19.9. The van der Waals surface area contributed by atoms with Crippen LogP contribution in [0.2, 0.25) is 0 Å². The van der Waals surface area contributed by atoms with Crippen molar-refractivity contribution < 1.29 is 9.53 Å². The maximum absolute atomic E-state index is 12.8. The molecule has 5 rings (SSSR count). The Bertz CT molecular complexity index is 1330. The summed E-state index contributed by atoms with van der Waals surface area (Å²) in [5.74, 6) is 1.47. The number of nitrogens with zero attached hydrogens (tertiary/aromatic N) is 2. The minimum atomic E-state index is -0.456. The Kier molecular flexibility index (Phi) is 6.27. The van der Waals surface area contributed by atoms with E-state index in [1.54, 1.807) is 0 Å². The second kappa shape index (κ2) is 9.66. The SMILES string of the molecule is CCC1CCC(c2ccccc2N)n2nc(-c3ccc(Oc4ccccc4)cc3)c(C(N)=O)c2C1. The molecule has 2 atom stereocenters. The van der Waals surface area contributed by atoms with Gasteiger partial charge in [0, 0.05) is 11.3 Å². The fourth-order valence-electron chi connectivity index (χ4n) is 5.03. The molecular formula is C29H30N4O2. The van der Waals surface area contributed by atoms with Gasteiger partial charge in [-0.2, -0.15) is 5.10 Å². The van der Waals surface area contributed by atoms with Crippen molar-refractivity contribution in [2.75, 3.05) is 5.73 Å². The first kappa shape index (κ1) is 22.7. The molecule has 0 saturated carbocycles. The monoisotopic (exact) mass is 466 g/mol. The van der Waals surface area contributed by atoms with Crippen LogP contribution in [-0.2, 0) is 6.42 Å². The lowest BCUT2D eigenvalue weighted by molar-refractivity contribution is 0.0999. The van der Waals surface area contributed by atoms with E-state index >= 15 is 0 Å². The normalized spacial score (nSPS) is 17.4. The number of aromatic nitrogens is 2. The zero-order chi connectivity index (χ0) is 24.4. The molecule has 0 radical (unpaired) electrons. The summed E-state index contributed by atoms with van der Waals surface area (Å²) < 4.78 is 7.94. The van der Waals surface area contributed by atoms with Crippen LogP contribution < -0.4 is 16.2 Å². The van der Waals surface area contributed by atoms with E-state index in [-0.39, 0.29) is 6.04 Å². The number of hydrogen-bond acceptors (Lipinski definition) is 4. The van der Waals surface area contributed by atoms with Crippen molar-refractivity contribution in [3.63, 3.8) is 0 Å². The third-order valence-corrected chi connectivity index (χ3v) is 6.92. The van der Waals surface area contributed by atoms with Crippen molar-refractivity contribution in [1.29, 1.82) is 0 Å². The lowest BCUT2D eigenvalue weighted by Crippen LogP contribution is -2.18. The highest BCUT2D eigenvalue weighted by Gasteiger charge is 2.32. The van der Waals surface area contributed by atoms with E-state index in [2.05, 4.69) is 13.0 Å². The molecule has 0 spiro atoms. The number of amides is 1. The molecular weight excluding hydrogens is 436 g/mol. The van der Waals surface area contributed by atoms with Crippen molar-refractivity contribution in [3.8, 4) is 22.8 Å². The van der Waals surface area contributed by atoms with Gasteiger partial charge in [-0.15, -0.1) is 0 Å². The summed E-state index contributed by atoms with van der Waals surface area (Å²) in [6.45, 7) is 2.19. The number of carbonyl (C=O) groups excluding carboxylic acids is 1. The molecule has 35 heavy (non-hydrogen) atoms. The summed E-state index contributed by atoms with van der Waals surface area (Å²) >= 11 is 0. The Hall–Kier alpha value is -4.06. The van der Waals surface area contributed by atoms with Crippen LogP contribution in [0, 0.1) is 5.92 Å². The van der Waals surface area contributed by atoms with Crippen molar-refractivity contribution in [3.05, 3.63) is 95.7 Å². The fourth-order valence-corrected chi connectivity index (χ4v) is 5.03. The summed E-state index contributed by atoms with van der Waals surface area (Å²) in [7, 11) is 0. The Morgan fingerprint density at radius 2 is 1.66 bits per heavy atom. The van der Waals surface area contributed by atoms with Gasteiger partial charge in [-0.1, -0.05) is 49.7 Å². The molecule has 1 aliphatic rings. The number of primary amides is 1. The fraction of sp³-hybridized carbons (Fsp3) is 0.241. The van der Waals surface area contributed by atoms with E-state index in [0.29, 0.717) is 22.9 Å². The van der Waals surface area contributed by atoms with Gasteiger partial charge in [-0.05, 0) is 73.2 Å². The van der Waals surface area contributed by atoms with Crippen molar-refractivity contribution in [2.24, 2.45) is 11.7 Å². The largest absolute Gasteiger partial charge is 0.457 e. The van der Waals surface area contributed by atoms with Crippen LogP contribution in [0.4, 0.5) is 5.69 Å². The second-order valence-corrected chi connectivity index (χ2v) is 9.12.